The molecule has 1 saturated carbocycles. The highest BCUT2D eigenvalue weighted by atomic mass is 16.5. The smallest absolute Gasteiger partial charge is 0.136 e. The molecule has 2 aromatic heterocycles. The molecule has 0 bridgehead atoms. The molecule has 2 aromatic rings. The van der Waals surface area contributed by atoms with E-state index in [1.54, 1.807) is 0 Å². The number of imidazole rings is 1. The van der Waals surface area contributed by atoms with E-state index in [0.717, 1.165) is 63.4 Å². The summed E-state index contributed by atoms with van der Waals surface area (Å²) in [5.41, 5.74) is 2.46. The average molecular weight is 329 g/mol. The lowest BCUT2D eigenvalue weighted by molar-refractivity contribution is -0.172. The van der Waals surface area contributed by atoms with Crippen LogP contribution < -0.4 is 5.32 Å². The predicted octanol–water partition coefficient (Wildman–Crippen LogP) is 2.44. The van der Waals surface area contributed by atoms with Crippen molar-refractivity contribution in [3.8, 4) is 0 Å². The fourth-order valence-corrected chi connectivity index (χ4v) is 4.37. The van der Waals surface area contributed by atoms with Crippen LogP contribution in [-0.2, 0) is 15.9 Å². The van der Waals surface area contributed by atoms with E-state index in [9.17, 15) is 0 Å². The summed E-state index contributed by atoms with van der Waals surface area (Å²) in [6.45, 7) is 5.61. The fourth-order valence-electron chi connectivity index (χ4n) is 4.37. The minimum absolute atomic E-state index is 0.285. The van der Waals surface area contributed by atoms with Gasteiger partial charge < -0.3 is 19.2 Å². The van der Waals surface area contributed by atoms with Crippen LogP contribution in [-0.4, -0.2) is 47.9 Å². The molecule has 2 atom stereocenters. The van der Waals surface area contributed by atoms with Crippen LogP contribution >= 0.6 is 0 Å². The number of hydrogen-bond acceptors (Lipinski definition) is 4. The van der Waals surface area contributed by atoms with Gasteiger partial charge in [0.1, 0.15) is 5.65 Å². The lowest BCUT2D eigenvalue weighted by Gasteiger charge is -2.57. The van der Waals surface area contributed by atoms with Gasteiger partial charge in [0, 0.05) is 56.6 Å². The molecule has 1 saturated heterocycles. The molecule has 0 unspecified atom stereocenters. The van der Waals surface area contributed by atoms with Gasteiger partial charge in [-0.3, -0.25) is 0 Å². The monoisotopic (exact) mass is 329 g/mol. The molecule has 24 heavy (non-hydrogen) atoms. The Bertz CT molecular complexity index is 645. The molecule has 5 nitrogen and oxygen atoms in total. The summed E-state index contributed by atoms with van der Waals surface area (Å²) >= 11 is 0. The number of nitrogens with one attached hydrogen (secondary N) is 1. The summed E-state index contributed by atoms with van der Waals surface area (Å²) < 4.78 is 13.7. The first-order valence-electron chi connectivity index (χ1n) is 9.17. The summed E-state index contributed by atoms with van der Waals surface area (Å²) in [4.78, 5) is 4.68. The van der Waals surface area contributed by atoms with Crippen LogP contribution in [0.3, 0.4) is 0 Å². The summed E-state index contributed by atoms with van der Waals surface area (Å²) in [7, 11) is 0. The molecule has 5 heteroatoms. The zero-order valence-electron chi connectivity index (χ0n) is 14.4. The molecule has 1 spiro atoms. The van der Waals surface area contributed by atoms with E-state index in [2.05, 4.69) is 34.0 Å². The Balaban J connectivity index is 1.35. The number of aromatic nitrogens is 2. The van der Waals surface area contributed by atoms with Crippen LogP contribution in [0.2, 0.25) is 0 Å². The van der Waals surface area contributed by atoms with Gasteiger partial charge in [-0.05, 0) is 38.3 Å². The van der Waals surface area contributed by atoms with Gasteiger partial charge in [0.25, 0.3) is 0 Å². The molecular weight excluding hydrogens is 302 g/mol. The summed E-state index contributed by atoms with van der Waals surface area (Å²) in [6, 6.07) is 6.66. The average Bonchev–Trinajstić information content (AvgIpc) is 3.04. The Hall–Kier alpha value is -1.43. The van der Waals surface area contributed by atoms with Crippen LogP contribution in [0.25, 0.3) is 5.65 Å². The van der Waals surface area contributed by atoms with Crippen molar-refractivity contribution in [2.45, 2.75) is 44.8 Å². The Morgan fingerprint density at radius 2 is 2.25 bits per heavy atom. The number of fused-ring (bicyclic) bond motifs is 1. The highest BCUT2D eigenvalue weighted by molar-refractivity contribution is 5.39. The molecule has 0 aromatic carbocycles. The number of pyridine rings is 1. The van der Waals surface area contributed by atoms with Gasteiger partial charge in [-0.2, -0.15) is 0 Å². The van der Waals surface area contributed by atoms with Crippen molar-refractivity contribution in [3.63, 3.8) is 0 Å². The first-order chi connectivity index (χ1) is 11.8. The van der Waals surface area contributed by atoms with Crippen molar-refractivity contribution in [3.05, 3.63) is 36.3 Å². The van der Waals surface area contributed by atoms with Crippen molar-refractivity contribution in [1.29, 1.82) is 0 Å². The molecular formula is C19H27N3O2. The van der Waals surface area contributed by atoms with Crippen molar-refractivity contribution < 1.29 is 9.47 Å². The van der Waals surface area contributed by atoms with Gasteiger partial charge in [0.05, 0.1) is 11.8 Å². The second-order valence-electron chi connectivity index (χ2n) is 6.98. The molecule has 130 valence electrons. The summed E-state index contributed by atoms with van der Waals surface area (Å²) in [5.74, 6) is 0. The molecule has 3 heterocycles. The second-order valence-corrected chi connectivity index (χ2v) is 6.98. The molecule has 2 fully saturated rings. The molecule has 1 aliphatic heterocycles. The van der Waals surface area contributed by atoms with Crippen LogP contribution in [0.15, 0.2) is 30.6 Å². The molecule has 4 rings (SSSR count). The van der Waals surface area contributed by atoms with Crippen molar-refractivity contribution >= 4 is 5.65 Å². The molecule has 0 amide bonds. The van der Waals surface area contributed by atoms with E-state index in [1.807, 2.05) is 18.2 Å². The molecule has 0 radical (unpaired) electrons. The maximum atomic E-state index is 5.99. The van der Waals surface area contributed by atoms with Crippen LogP contribution in [0.4, 0.5) is 0 Å². The Morgan fingerprint density at radius 1 is 1.38 bits per heavy atom. The standard InChI is InChI=1S/C19H27N3O2/c1-2-24-17-13-16(19(17)7-11-23-12-8-19)20-9-6-15-14-22-10-4-3-5-18(22)21-15/h3-5,10,14,16-17,20H,2,6-9,11-13H2,1H3/t16-,17+/m1/s1. The molecule has 1 aliphatic carbocycles. The lowest BCUT2D eigenvalue weighted by atomic mass is 9.57. The van der Waals surface area contributed by atoms with Crippen LogP contribution in [0.5, 0.6) is 0 Å². The number of nitrogens with zero attached hydrogens (tertiary/aromatic N) is 2. The fraction of sp³-hybridized carbons (Fsp3) is 0.632. The van der Waals surface area contributed by atoms with Gasteiger partial charge >= 0.3 is 0 Å². The number of rotatable bonds is 6. The van der Waals surface area contributed by atoms with Crippen molar-refractivity contribution in [2.24, 2.45) is 5.41 Å². The Labute approximate surface area is 143 Å². The minimum atomic E-state index is 0.285. The van der Waals surface area contributed by atoms with Gasteiger partial charge in [0.2, 0.25) is 0 Å². The SMILES string of the molecule is CCO[C@H]1C[C@@H](NCCc2cn3ccccc3n2)C12CCOCC2. The van der Waals surface area contributed by atoms with Crippen LogP contribution in [0.1, 0.15) is 31.9 Å². The van der Waals surface area contributed by atoms with E-state index in [-0.39, 0.29) is 5.41 Å². The number of hydrogen-bond donors (Lipinski definition) is 1. The number of ether oxygens (including phenoxy) is 2. The third-order valence-electron chi connectivity index (χ3n) is 5.76. The van der Waals surface area contributed by atoms with E-state index < -0.39 is 0 Å². The van der Waals surface area contributed by atoms with Crippen LogP contribution in [0, 0.1) is 5.41 Å². The van der Waals surface area contributed by atoms with Gasteiger partial charge in [-0.25, -0.2) is 4.98 Å². The van der Waals surface area contributed by atoms with E-state index in [4.69, 9.17) is 9.47 Å². The van der Waals surface area contributed by atoms with E-state index in [0.29, 0.717) is 12.1 Å². The molecule has 1 N–H and O–H groups in total. The summed E-state index contributed by atoms with van der Waals surface area (Å²) in [6.07, 6.45) is 8.90. The quantitative estimate of drug-likeness (QED) is 0.884. The van der Waals surface area contributed by atoms with E-state index in [1.165, 1.54) is 0 Å². The van der Waals surface area contributed by atoms with Crippen molar-refractivity contribution in [1.82, 2.24) is 14.7 Å². The van der Waals surface area contributed by atoms with E-state index >= 15 is 0 Å². The normalized spacial score (nSPS) is 25.9. The highest BCUT2D eigenvalue weighted by Crippen LogP contribution is 2.50. The topological polar surface area (TPSA) is 47.8 Å². The minimum Gasteiger partial charge on any atom is -0.381 e. The maximum absolute atomic E-state index is 5.99. The first kappa shape index (κ1) is 16.1. The second kappa shape index (κ2) is 6.82. The maximum Gasteiger partial charge on any atom is 0.136 e. The zero-order chi connectivity index (χ0) is 16.4. The van der Waals surface area contributed by atoms with Gasteiger partial charge in [0.15, 0.2) is 0 Å². The third-order valence-corrected chi connectivity index (χ3v) is 5.76. The first-order valence-corrected chi connectivity index (χ1v) is 9.17. The highest BCUT2D eigenvalue weighted by Gasteiger charge is 2.55. The van der Waals surface area contributed by atoms with Gasteiger partial charge in [-0.1, -0.05) is 6.07 Å². The summed E-state index contributed by atoms with van der Waals surface area (Å²) in [5, 5.41) is 3.78. The Kier molecular flexibility index (Phi) is 4.57. The zero-order valence-corrected chi connectivity index (χ0v) is 14.4. The lowest BCUT2D eigenvalue weighted by Crippen LogP contribution is -2.65. The van der Waals surface area contributed by atoms with Crippen molar-refractivity contribution in [2.75, 3.05) is 26.4 Å². The molecule has 2 aliphatic rings. The third kappa shape index (κ3) is 2.85. The predicted molar refractivity (Wildman–Crippen MR) is 93.2 cm³/mol. The Morgan fingerprint density at radius 3 is 3.04 bits per heavy atom. The largest absolute Gasteiger partial charge is 0.381 e. The van der Waals surface area contributed by atoms with Gasteiger partial charge in [-0.15, -0.1) is 0 Å².